The Bertz CT molecular complexity index is 2170. The van der Waals surface area contributed by atoms with Crippen LogP contribution < -0.4 is 0 Å². The van der Waals surface area contributed by atoms with E-state index in [-0.39, 0.29) is 25.7 Å². The van der Waals surface area contributed by atoms with Gasteiger partial charge in [-0.05, 0) is 89.9 Å². The molecular weight excluding hydrogens is 1330 g/mol. The van der Waals surface area contributed by atoms with Gasteiger partial charge in [0.15, 0.2) is 12.2 Å². The summed E-state index contributed by atoms with van der Waals surface area (Å²) >= 11 is 0. The number of phosphoric ester groups is 2. The Kier molecular flexibility index (Phi) is 73.6. The Morgan fingerprint density at radius 1 is 0.275 bits per heavy atom. The van der Waals surface area contributed by atoms with Crippen molar-refractivity contribution in [2.45, 2.75) is 406 Å². The highest BCUT2D eigenvalue weighted by molar-refractivity contribution is 7.47. The van der Waals surface area contributed by atoms with Gasteiger partial charge in [-0.3, -0.25) is 37.3 Å². The zero-order valence-electron chi connectivity index (χ0n) is 65.3. The van der Waals surface area contributed by atoms with Gasteiger partial charge in [-0.15, -0.1) is 0 Å². The molecule has 0 heterocycles. The van der Waals surface area contributed by atoms with Crippen LogP contribution in [0.3, 0.4) is 0 Å². The third-order valence-electron chi connectivity index (χ3n) is 18.0. The molecule has 0 saturated heterocycles. The summed E-state index contributed by atoms with van der Waals surface area (Å²) < 4.78 is 68.7. The molecule has 0 saturated carbocycles. The van der Waals surface area contributed by atoms with Gasteiger partial charge in [-0.1, -0.05) is 332 Å². The fourth-order valence-corrected chi connectivity index (χ4v) is 13.2. The van der Waals surface area contributed by atoms with E-state index in [1.165, 1.54) is 180 Å². The van der Waals surface area contributed by atoms with Crippen molar-refractivity contribution in [3.63, 3.8) is 0 Å². The third kappa shape index (κ3) is 75.0. The summed E-state index contributed by atoms with van der Waals surface area (Å²) in [5, 5.41) is 10.6. The van der Waals surface area contributed by atoms with Gasteiger partial charge in [0, 0.05) is 25.7 Å². The molecule has 0 spiro atoms. The molecule has 0 rings (SSSR count). The molecule has 0 fully saturated rings. The number of aliphatic hydroxyl groups excluding tert-OH is 1. The zero-order chi connectivity index (χ0) is 74.6. The summed E-state index contributed by atoms with van der Waals surface area (Å²) in [5.41, 5.74) is 0. The molecule has 2 unspecified atom stereocenters. The molecule has 0 amide bonds. The van der Waals surface area contributed by atoms with E-state index in [4.69, 9.17) is 37.0 Å². The van der Waals surface area contributed by atoms with Crippen molar-refractivity contribution in [3.8, 4) is 0 Å². The summed E-state index contributed by atoms with van der Waals surface area (Å²) in [6.45, 7) is 4.87. The molecule has 0 aromatic heterocycles. The van der Waals surface area contributed by atoms with E-state index in [1.54, 1.807) is 0 Å². The Balaban J connectivity index is 5.36. The molecule has 3 N–H and O–H groups in total. The molecule has 0 aromatic rings. The van der Waals surface area contributed by atoms with Crippen molar-refractivity contribution in [2.24, 2.45) is 0 Å². The van der Waals surface area contributed by atoms with Gasteiger partial charge in [-0.2, -0.15) is 0 Å². The molecule has 0 aliphatic heterocycles. The smallest absolute Gasteiger partial charge is 0.462 e. The van der Waals surface area contributed by atoms with E-state index in [0.717, 1.165) is 122 Å². The summed E-state index contributed by atoms with van der Waals surface area (Å²) in [4.78, 5) is 73.1. The minimum absolute atomic E-state index is 0.0902. The van der Waals surface area contributed by atoms with Crippen LogP contribution >= 0.6 is 15.6 Å². The van der Waals surface area contributed by atoms with Crippen LogP contribution in [-0.4, -0.2) is 96.7 Å². The summed E-state index contributed by atoms with van der Waals surface area (Å²) in [7, 11) is -9.95. The van der Waals surface area contributed by atoms with Crippen LogP contribution in [0, 0.1) is 0 Å². The maximum atomic E-state index is 13.1. The molecule has 0 aliphatic rings. The van der Waals surface area contributed by atoms with Crippen molar-refractivity contribution < 1.29 is 80.2 Å². The fraction of sp³-hybridized carbons (Fsp3) is 0.831. The first-order valence-electron chi connectivity index (χ1n) is 41.5. The molecule has 0 radical (unpaired) electrons. The molecule has 17 nitrogen and oxygen atoms in total. The minimum Gasteiger partial charge on any atom is -0.462 e. The molecule has 102 heavy (non-hydrogen) atoms. The van der Waals surface area contributed by atoms with E-state index < -0.39 is 97.5 Å². The molecular formula is C83H152O17P2. The predicted molar refractivity (Wildman–Crippen MR) is 418 cm³/mol. The van der Waals surface area contributed by atoms with Gasteiger partial charge in [0.1, 0.15) is 19.3 Å². The first kappa shape index (κ1) is 98.8. The summed E-state index contributed by atoms with van der Waals surface area (Å²) in [5.74, 6) is -2.20. The van der Waals surface area contributed by atoms with Gasteiger partial charge in [-0.25, -0.2) is 9.13 Å². The van der Waals surface area contributed by atoms with Crippen molar-refractivity contribution in [3.05, 3.63) is 60.8 Å². The number of ether oxygens (including phenoxy) is 4. The van der Waals surface area contributed by atoms with Crippen molar-refractivity contribution in [2.75, 3.05) is 39.6 Å². The van der Waals surface area contributed by atoms with Gasteiger partial charge >= 0.3 is 39.5 Å². The molecule has 0 bridgehead atoms. The number of unbranched alkanes of at least 4 members (excludes halogenated alkanes) is 43. The number of hydrogen-bond donors (Lipinski definition) is 3. The third-order valence-corrected chi connectivity index (χ3v) is 19.9. The Hall–Kier alpha value is -3.24. The van der Waals surface area contributed by atoms with Crippen LogP contribution in [0.2, 0.25) is 0 Å². The van der Waals surface area contributed by atoms with Crippen molar-refractivity contribution >= 4 is 39.5 Å². The molecule has 0 aromatic carbocycles. The summed E-state index contributed by atoms with van der Waals surface area (Å²) in [6.07, 6.45) is 76.2. The fourth-order valence-electron chi connectivity index (χ4n) is 11.6. The molecule has 19 heteroatoms. The predicted octanol–water partition coefficient (Wildman–Crippen LogP) is 24.2. The van der Waals surface area contributed by atoms with E-state index in [1.807, 2.05) is 12.2 Å². The summed E-state index contributed by atoms with van der Waals surface area (Å²) in [6, 6.07) is 0. The monoisotopic (exact) mass is 1480 g/mol. The lowest BCUT2D eigenvalue weighted by Crippen LogP contribution is -2.30. The van der Waals surface area contributed by atoms with Crippen LogP contribution in [0.15, 0.2) is 60.8 Å². The number of esters is 4. The van der Waals surface area contributed by atoms with E-state index in [9.17, 15) is 43.2 Å². The molecule has 0 aliphatic carbocycles. The maximum absolute atomic E-state index is 13.1. The van der Waals surface area contributed by atoms with Gasteiger partial charge in [0.2, 0.25) is 0 Å². The van der Waals surface area contributed by atoms with Crippen LogP contribution in [-0.2, 0) is 65.4 Å². The lowest BCUT2D eigenvalue weighted by atomic mass is 10.0. The van der Waals surface area contributed by atoms with Gasteiger partial charge in [0.25, 0.3) is 0 Å². The van der Waals surface area contributed by atoms with Crippen molar-refractivity contribution in [1.29, 1.82) is 0 Å². The topological polar surface area (TPSA) is 237 Å². The number of allylic oxidation sites excluding steroid dienone is 10. The zero-order valence-corrected chi connectivity index (χ0v) is 67.1. The van der Waals surface area contributed by atoms with E-state index in [0.29, 0.717) is 32.1 Å². The van der Waals surface area contributed by atoms with Crippen molar-refractivity contribution in [1.82, 2.24) is 0 Å². The first-order chi connectivity index (χ1) is 49.7. The largest absolute Gasteiger partial charge is 0.472 e. The molecule has 5 atom stereocenters. The van der Waals surface area contributed by atoms with E-state index >= 15 is 0 Å². The van der Waals surface area contributed by atoms with Crippen LogP contribution in [0.25, 0.3) is 0 Å². The second-order valence-corrected chi connectivity index (χ2v) is 31.0. The van der Waals surface area contributed by atoms with Crippen LogP contribution in [0.1, 0.15) is 387 Å². The Morgan fingerprint density at radius 2 is 0.490 bits per heavy atom. The van der Waals surface area contributed by atoms with Gasteiger partial charge < -0.3 is 33.8 Å². The second kappa shape index (κ2) is 76.0. The second-order valence-electron chi connectivity index (χ2n) is 28.1. The Labute approximate surface area is 622 Å². The van der Waals surface area contributed by atoms with E-state index in [2.05, 4.69) is 76.3 Å². The Morgan fingerprint density at radius 3 is 0.814 bits per heavy atom. The number of phosphoric acid groups is 2. The maximum Gasteiger partial charge on any atom is 0.472 e. The quantitative estimate of drug-likeness (QED) is 0.0169. The number of hydrogen-bond acceptors (Lipinski definition) is 15. The van der Waals surface area contributed by atoms with Crippen LogP contribution in [0.4, 0.5) is 0 Å². The average Bonchev–Trinajstić information content (AvgIpc) is 0.923. The molecule has 596 valence electrons. The lowest BCUT2D eigenvalue weighted by Gasteiger charge is -2.21. The SMILES string of the molecule is CCCCC/C=C\C/C=C\C/C=C\C/C=C\CCCC(=O)OC[C@H](COP(=O)(O)OC[C@@H](O)COP(=O)(O)OC[C@@H](COC(=O)CCCCCCCCCCCCCCCCC)OC(=O)CCCCCCCCC/C=C\CCCCCC)OC(=O)CCCCCCCCCCCCCCCCC. The standard InChI is InChI=1S/C83H152O17P2/c1-5-9-13-17-21-25-29-33-37-38-42-44-48-52-56-60-64-68-81(86)94-74-79(100-83(88)70-66-62-58-54-50-46-41-36-32-28-24-20-16-12-8-4)76-98-102(91,92)96-72-77(84)71-95-101(89,90)97-75-78(99-82(87)69-65-61-57-53-49-45-40-35-31-27-23-19-15-11-7-3)73-93-80(85)67-63-59-55-51-47-43-39-34-30-26-22-18-14-10-6-2/h21,25,27,31,33,37,42,44,52,56,77-79,84H,5-20,22-24,26,28-30,32,34-36,38-41,43,45-51,53-55,57-76H2,1-4H3,(H,89,90)(H,91,92)/b25-21-,31-27-,37-33-,44-42-,56-52-/t77-,78+,79+/m0/s1. The number of carbonyl (C=O) groups is 4. The number of rotatable bonds is 79. The number of carbonyl (C=O) groups excluding carboxylic acids is 4. The highest BCUT2D eigenvalue weighted by atomic mass is 31.2. The highest BCUT2D eigenvalue weighted by Gasteiger charge is 2.30. The minimum atomic E-state index is -4.98. The van der Waals surface area contributed by atoms with Crippen LogP contribution in [0.5, 0.6) is 0 Å². The highest BCUT2D eigenvalue weighted by Crippen LogP contribution is 2.45. The lowest BCUT2D eigenvalue weighted by molar-refractivity contribution is -0.161. The number of aliphatic hydroxyl groups is 1. The normalized spacial score (nSPS) is 14.1. The van der Waals surface area contributed by atoms with Gasteiger partial charge in [0.05, 0.1) is 26.4 Å². The first-order valence-corrected chi connectivity index (χ1v) is 44.5. The average molecular weight is 1480 g/mol.